The molecule has 0 bridgehead atoms. The third-order valence-corrected chi connectivity index (χ3v) is 7.19. The van der Waals surface area contributed by atoms with Gasteiger partial charge in [0.2, 0.25) is 0 Å². The van der Waals surface area contributed by atoms with Crippen LogP contribution in [-0.2, 0) is 11.3 Å². The van der Waals surface area contributed by atoms with E-state index in [-0.39, 0.29) is 23.1 Å². The van der Waals surface area contributed by atoms with Gasteiger partial charge in [0, 0.05) is 6.20 Å². The largest absolute Gasteiger partial charge is 0.467 e. The van der Waals surface area contributed by atoms with Gasteiger partial charge < -0.3 is 9.73 Å². The van der Waals surface area contributed by atoms with Gasteiger partial charge in [0.05, 0.1) is 29.3 Å². The zero-order valence-electron chi connectivity index (χ0n) is 19.1. The van der Waals surface area contributed by atoms with Crippen LogP contribution in [0.25, 0.3) is 11.7 Å². The first-order valence-electron chi connectivity index (χ1n) is 11.0. The van der Waals surface area contributed by atoms with Crippen molar-refractivity contribution in [3.05, 3.63) is 105 Å². The van der Waals surface area contributed by atoms with Crippen molar-refractivity contribution in [2.75, 3.05) is 5.32 Å². The quantitative estimate of drug-likeness (QED) is 0.288. The number of rotatable bonds is 6. The molecule has 0 saturated carbocycles. The molecule has 1 atom stereocenters. The Balaban J connectivity index is 1.56. The molecule has 4 aromatic rings. The van der Waals surface area contributed by atoms with Crippen molar-refractivity contribution in [3.8, 4) is 0 Å². The van der Waals surface area contributed by atoms with Crippen molar-refractivity contribution in [2.24, 2.45) is 0 Å². The van der Waals surface area contributed by atoms with E-state index in [2.05, 4.69) is 5.32 Å². The topological polar surface area (TPSA) is 79.9 Å². The second kappa shape index (κ2) is 9.52. The molecule has 1 aliphatic heterocycles. The smallest absolute Gasteiger partial charge is 0.267 e. The number of amides is 1. The summed E-state index contributed by atoms with van der Waals surface area (Å²) >= 11 is 6.74. The minimum atomic E-state index is -0.276. The zero-order chi connectivity index (χ0) is 24.5. The number of hydrogen-bond acceptors (Lipinski definition) is 7. The van der Waals surface area contributed by atoms with Crippen LogP contribution in [0.2, 0.25) is 0 Å². The van der Waals surface area contributed by atoms with Gasteiger partial charge in [-0.05, 0) is 49.2 Å². The van der Waals surface area contributed by atoms with Crippen molar-refractivity contribution < 1.29 is 9.21 Å². The van der Waals surface area contributed by atoms with E-state index >= 15 is 0 Å². The number of pyridine rings is 1. The lowest BCUT2D eigenvalue weighted by Crippen LogP contribution is -2.31. The normalized spacial score (nSPS) is 15.8. The SMILES string of the molecule is Cc1cccn2c(=O)c(C=C3SC(=S)N(C(C)c4ccccc4)C3=O)c(NCc3ccco3)nc12. The highest BCUT2D eigenvalue weighted by Gasteiger charge is 2.36. The molecule has 3 aromatic heterocycles. The Kier molecular flexibility index (Phi) is 6.27. The summed E-state index contributed by atoms with van der Waals surface area (Å²) in [6.45, 7) is 4.18. The first-order valence-corrected chi connectivity index (χ1v) is 12.3. The Morgan fingerprint density at radius 1 is 1.14 bits per heavy atom. The number of fused-ring (bicyclic) bond motifs is 1. The van der Waals surface area contributed by atoms with Gasteiger partial charge in [-0.1, -0.05) is 60.4 Å². The van der Waals surface area contributed by atoms with E-state index in [1.165, 1.54) is 16.2 Å². The lowest BCUT2D eigenvalue weighted by Gasteiger charge is -2.23. The number of thiocarbonyl (C=S) groups is 1. The van der Waals surface area contributed by atoms with E-state index in [0.717, 1.165) is 11.1 Å². The maximum atomic E-state index is 13.5. The van der Waals surface area contributed by atoms with Crippen LogP contribution in [-0.4, -0.2) is 24.5 Å². The van der Waals surface area contributed by atoms with E-state index < -0.39 is 0 Å². The molecule has 9 heteroatoms. The number of carbonyl (C=O) groups excluding carboxylic acids is 1. The van der Waals surface area contributed by atoms with Gasteiger partial charge in [-0.2, -0.15) is 0 Å². The zero-order valence-corrected chi connectivity index (χ0v) is 20.7. The number of anilines is 1. The number of carbonyl (C=O) groups is 1. The summed E-state index contributed by atoms with van der Waals surface area (Å²) in [5.41, 5.74) is 2.39. The Morgan fingerprint density at radius 3 is 2.69 bits per heavy atom. The molecule has 0 aliphatic carbocycles. The van der Waals surface area contributed by atoms with Crippen molar-refractivity contribution in [1.29, 1.82) is 0 Å². The van der Waals surface area contributed by atoms with Crippen molar-refractivity contribution >= 4 is 51.7 Å². The third kappa shape index (κ3) is 4.40. The predicted octanol–water partition coefficient (Wildman–Crippen LogP) is 5.17. The lowest BCUT2D eigenvalue weighted by molar-refractivity contribution is -0.123. The molecule has 0 spiro atoms. The number of aryl methyl sites for hydroxylation is 1. The van der Waals surface area contributed by atoms with Gasteiger partial charge in [-0.15, -0.1) is 0 Å². The Hall–Kier alpha value is -3.69. The fourth-order valence-corrected chi connectivity index (χ4v) is 5.39. The monoisotopic (exact) mass is 502 g/mol. The van der Waals surface area contributed by atoms with Crippen molar-refractivity contribution in [1.82, 2.24) is 14.3 Å². The number of nitrogens with zero attached hydrogens (tertiary/aromatic N) is 3. The van der Waals surface area contributed by atoms with E-state index in [0.29, 0.717) is 33.0 Å². The maximum absolute atomic E-state index is 13.5. The number of thioether (sulfide) groups is 1. The van der Waals surface area contributed by atoms with Crippen LogP contribution in [0.3, 0.4) is 0 Å². The summed E-state index contributed by atoms with van der Waals surface area (Å²) in [5, 5.41) is 3.21. The molecule has 176 valence electrons. The lowest BCUT2D eigenvalue weighted by atomic mass is 10.1. The summed E-state index contributed by atoms with van der Waals surface area (Å²) in [6.07, 6.45) is 4.85. The van der Waals surface area contributed by atoms with Gasteiger partial charge >= 0.3 is 0 Å². The number of furan rings is 1. The minimum Gasteiger partial charge on any atom is -0.467 e. The Bertz CT molecular complexity index is 1510. The van der Waals surface area contributed by atoms with Crippen molar-refractivity contribution in [2.45, 2.75) is 26.4 Å². The second-order valence-corrected chi connectivity index (χ2v) is 9.81. The highest BCUT2D eigenvalue weighted by molar-refractivity contribution is 8.26. The average Bonchev–Trinajstić information content (AvgIpc) is 3.48. The summed E-state index contributed by atoms with van der Waals surface area (Å²) in [4.78, 5) is 33.6. The fourth-order valence-electron chi connectivity index (χ4n) is 3.99. The summed E-state index contributed by atoms with van der Waals surface area (Å²) < 4.78 is 7.36. The molecule has 1 saturated heterocycles. The number of aromatic nitrogens is 2. The van der Waals surface area contributed by atoms with Crippen LogP contribution in [0.5, 0.6) is 0 Å². The standard InChI is InChI=1S/C26H22N4O3S2/c1-16-8-6-12-29-23(16)28-22(27-15-19-11-7-13-33-19)20(24(29)31)14-21-25(32)30(26(34)35-21)17(2)18-9-4-3-5-10-18/h3-14,17,27H,15H2,1-2H3. The Labute approximate surface area is 211 Å². The number of nitrogens with one attached hydrogen (secondary N) is 1. The van der Waals surface area contributed by atoms with E-state index in [4.69, 9.17) is 21.6 Å². The van der Waals surface area contributed by atoms with Gasteiger partial charge in [0.25, 0.3) is 11.5 Å². The molecule has 1 fully saturated rings. The molecule has 1 aliphatic rings. The van der Waals surface area contributed by atoms with E-state index in [1.807, 2.05) is 56.3 Å². The van der Waals surface area contributed by atoms with E-state index in [9.17, 15) is 9.59 Å². The molecule has 1 aromatic carbocycles. The highest BCUT2D eigenvalue weighted by atomic mass is 32.2. The number of benzene rings is 1. The molecule has 1 amide bonds. The predicted molar refractivity (Wildman–Crippen MR) is 142 cm³/mol. The first-order chi connectivity index (χ1) is 16.9. The third-order valence-electron chi connectivity index (χ3n) is 5.86. The van der Waals surface area contributed by atoms with Gasteiger partial charge in [-0.25, -0.2) is 4.98 Å². The first kappa shape index (κ1) is 23.1. The van der Waals surface area contributed by atoms with Crippen LogP contribution >= 0.6 is 24.0 Å². The summed E-state index contributed by atoms with van der Waals surface area (Å²) in [7, 11) is 0. The van der Waals surface area contributed by atoms with Crippen molar-refractivity contribution in [3.63, 3.8) is 0 Å². The van der Waals surface area contributed by atoms with Gasteiger partial charge in [-0.3, -0.25) is 18.9 Å². The van der Waals surface area contributed by atoms with Crippen LogP contribution in [0.4, 0.5) is 5.82 Å². The molecule has 1 N–H and O–H groups in total. The molecule has 4 heterocycles. The van der Waals surface area contributed by atoms with Crippen LogP contribution in [0.15, 0.2) is 81.2 Å². The molecular weight excluding hydrogens is 480 g/mol. The molecule has 1 unspecified atom stereocenters. The van der Waals surface area contributed by atoms with E-state index in [1.54, 1.807) is 35.6 Å². The van der Waals surface area contributed by atoms with Gasteiger partial charge in [0.15, 0.2) is 0 Å². The molecule has 0 radical (unpaired) electrons. The second-order valence-electron chi connectivity index (χ2n) is 8.14. The highest BCUT2D eigenvalue weighted by Crippen LogP contribution is 2.38. The minimum absolute atomic E-state index is 0.232. The van der Waals surface area contributed by atoms with Gasteiger partial charge in [0.1, 0.15) is 21.5 Å². The average molecular weight is 503 g/mol. The summed E-state index contributed by atoms with van der Waals surface area (Å²) in [5.74, 6) is 0.842. The molecule has 35 heavy (non-hydrogen) atoms. The maximum Gasteiger partial charge on any atom is 0.267 e. The molecule has 7 nitrogen and oxygen atoms in total. The summed E-state index contributed by atoms with van der Waals surface area (Å²) in [6, 6.07) is 16.8. The Morgan fingerprint density at radius 2 is 1.94 bits per heavy atom. The van der Waals surface area contributed by atoms with Crippen LogP contribution < -0.4 is 10.9 Å². The molecule has 5 rings (SSSR count). The van der Waals surface area contributed by atoms with Crippen LogP contribution in [0.1, 0.15) is 35.4 Å². The number of hydrogen-bond donors (Lipinski definition) is 1. The fraction of sp³-hybridized carbons (Fsp3) is 0.154. The van der Waals surface area contributed by atoms with Crippen LogP contribution in [0, 0.1) is 6.92 Å². The molecular formula is C26H22N4O3S2.